The smallest absolute Gasteiger partial charge is 0.396 e. The summed E-state index contributed by atoms with van der Waals surface area (Å²) in [6, 6.07) is 1.45. The molecule has 0 amide bonds. The van der Waals surface area contributed by atoms with E-state index in [1.54, 1.807) is 6.92 Å². The van der Waals surface area contributed by atoms with Crippen molar-refractivity contribution in [3.05, 3.63) is 11.9 Å². The number of halogens is 3. The van der Waals surface area contributed by atoms with Crippen molar-refractivity contribution >= 4 is 11.6 Å². The maximum atomic E-state index is 12.8. The molecule has 21 heavy (non-hydrogen) atoms. The quantitative estimate of drug-likeness (QED) is 0.689. The van der Waals surface area contributed by atoms with E-state index < -0.39 is 12.0 Å². The van der Waals surface area contributed by atoms with Crippen molar-refractivity contribution in [1.82, 2.24) is 9.97 Å². The molecule has 1 unspecified atom stereocenters. The van der Waals surface area contributed by atoms with Gasteiger partial charge in [-0.15, -0.1) is 0 Å². The molecule has 1 rings (SSSR count). The van der Waals surface area contributed by atoms with Crippen LogP contribution in [0.15, 0.2) is 6.07 Å². The Labute approximate surface area is 122 Å². The molecule has 8 heteroatoms. The molecule has 0 saturated carbocycles. The third-order valence-corrected chi connectivity index (χ3v) is 3.02. The van der Waals surface area contributed by atoms with E-state index in [9.17, 15) is 13.2 Å². The van der Waals surface area contributed by atoms with Gasteiger partial charge < -0.3 is 15.7 Å². The Hall–Kier alpha value is -1.57. The van der Waals surface area contributed by atoms with Gasteiger partial charge in [0.15, 0.2) is 0 Å². The second-order valence-electron chi connectivity index (χ2n) is 4.66. The van der Waals surface area contributed by atoms with Crippen molar-refractivity contribution in [2.45, 2.75) is 32.9 Å². The average molecular weight is 306 g/mol. The van der Waals surface area contributed by atoms with Gasteiger partial charge in [-0.3, -0.25) is 0 Å². The van der Waals surface area contributed by atoms with E-state index in [2.05, 4.69) is 20.6 Å². The molecule has 0 saturated heterocycles. The molecule has 0 bridgehead atoms. The number of rotatable bonds is 8. The first-order chi connectivity index (χ1) is 9.90. The maximum Gasteiger partial charge on any atom is 0.451 e. The molecular formula is C13H21F3N4O. The minimum atomic E-state index is -4.59. The highest BCUT2D eigenvalue weighted by atomic mass is 19.4. The van der Waals surface area contributed by atoms with Gasteiger partial charge in [0.25, 0.3) is 0 Å². The summed E-state index contributed by atoms with van der Waals surface area (Å²) in [5.74, 6) is -0.720. The molecule has 5 nitrogen and oxygen atoms in total. The standard InChI is InChI=1S/C13H21F3N4O/c1-3-9(5-6-21)8-18-11-7-10(17-4-2)19-12(20-11)13(14,15)16/h7,9,21H,3-6,8H2,1-2H3,(H2,17,18,19,20). The molecule has 0 aromatic carbocycles. The fourth-order valence-electron chi connectivity index (χ4n) is 1.82. The zero-order chi connectivity index (χ0) is 15.9. The first-order valence-corrected chi connectivity index (χ1v) is 6.95. The zero-order valence-corrected chi connectivity index (χ0v) is 12.2. The van der Waals surface area contributed by atoms with Crippen LogP contribution < -0.4 is 10.6 Å². The average Bonchev–Trinajstić information content (AvgIpc) is 2.42. The van der Waals surface area contributed by atoms with Crippen molar-refractivity contribution in [3.8, 4) is 0 Å². The normalized spacial score (nSPS) is 13.0. The fraction of sp³-hybridized carbons (Fsp3) is 0.692. The molecule has 0 radical (unpaired) electrons. The Balaban J connectivity index is 2.87. The molecule has 1 atom stereocenters. The molecule has 0 fully saturated rings. The topological polar surface area (TPSA) is 70.1 Å². The van der Waals surface area contributed by atoms with E-state index in [0.29, 0.717) is 19.5 Å². The minimum absolute atomic E-state index is 0.0560. The number of hydrogen-bond acceptors (Lipinski definition) is 5. The first-order valence-electron chi connectivity index (χ1n) is 6.95. The van der Waals surface area contributed by atoms with Crippen LogP contribution in [0.1, 0.15) is 32.5 Å². The van der Waals surface area contributed by atoms with Gasteiger partial charge in [0.1, 0.15) is 11.6 Å². The first kappa shape index (κ1) is 17.5. The van der Waals surface area contributed by atoms with Crippen LogP contribution in [-0.4, -0.2) is 34.8 Å². The van der Waals surface area contributed by atoms with Gasteiger partial charge in [0.05, 0.1) is 0 Å². The molecular weight excluding hydrogens is 285 g/mol. The summed E-state index contributed by atoms with van der Waals surface area (Å²) in [7, 11) is 0. The van der Waals surface area contributed by atoms with Crippen LogP contribution in [0.25, 0.3) is 0 Å². The fourth-order valence-corrected chi connectivity index (χ4v) is 1.82. The van der Waals surface area contributed by atoms with Gasteiger partial charge in [-0.2, -0.15) is 13.2 Å². The van der Waals surface area contributed by atoms with Crippen molar-refractivity contribution in [2.24, 2.45) is 5.92 Å². The number of aliphatic hydroxyl groups is 1. The van der Waals surface area contributed by atoms with E-state index in [1.807, 2.05) is 6.92 Å². The minimum Gasteiger partial charge on any atom is -0.396 e. The number of alkyl halides is 3. The molecule has 0 aliphatic rings. The van der Waals surface area contributed by atoms with E-state index in [4.69, 9.17) is 5.11 Å². The summed E-state index contributed by atoms with van der Waals surface area (Å²) >= 11 is 0. The number of nitrogens with one attached hydrogen (secondary N) is 2. The second-order valence-corrected chi connectivity index (χ2v) is 4.66. The highest BCUT2D eigenvalue weighted by Crippen LogP contribution is 2.28. The van der Waals surface area contributed by atoms with Gasteiger partial charge in [0.2, 0.25) is 5.82 Å². The van der Waals surface area contributed by atoms with Crippen LogP contribution in [-0.2, 0) is 6.18 Å². The van der Waals surface area contributed by atoms with E-state index in [-0.39, 0.29) is 24.2 Å². The molecule has 120 valence electrons. The van der Waals surface area contributed by atoms with Crippen LogP contribution in [0.4, 0.5) is 24.8 Å². The summed E-state index contributed by atoms with van der Waals surface area (Å²) < 4.78 is 38.3. The molecule has 3 N–H and O–H groups in total. The highest BCUT2D eigenvalue weighted by molar-refractivity contribution is 5.47. The van der Waals surface area contributed by atoms with Crippen LogP contribution in [0.5, 0.6) is 0 Å². The Kier molecular flexibility index (Phi) is 6.67. The van der Waals surface area contributed by atoms with Crippen LogP contribution in [0.3, 0.4) is 0 Å². The number of aromatic nitrogens is 2. The maximum absolute atomic E-state index is 12.8. The number of anilines is 2. The van der Waals surface area contributed by atoms with Crippen molar-refractivity contribution in [1.29, 1.82) is 0 Å². The number of aliphatic hydroxyl groups excluding tert-OH is 1. The van der Waals surface area contributed by atoms with Gasteiger partial charge in [-0.05, 0) is 19.3 Å². The SMILES string of the molecule is CCNc1cc(NCC(CC)CCO)nc(C(F)(F)F)n1. The lowest BCUT2D eigenvalue weighted by Crippen LogP contribution is -2.19. The highest BCUT2D eigenvalue weighted by Gasteiger charge is 2.35. The van der Waals surface area contributed by atoms with Crippen molar-refractivity contribution < 1.29 is 18.3 Å². The van der Waals surface area contributed by atoms with E-state index in [0.717, 1.165) is 6.42 Å². The Morgan fingerprint density at radius 2 is 1.81 bits per heavy atom. The van der Waals surface area contributed by atoms with Crippen LogP contribution in [0, 0.1) is 5.92 Å². The molecule has 0 aliphatic heterocycles. The summed E-state index contributed by atoms with van der Waals surface area (Å²) in [5.41, 5.74) is 0. The second kappa shape index (κ2) is 8.02. The summed E-state index contributed by atoms with van der Waals surface area (Å²) in [5, 5.41) is 14.6. The van der Waals surface area contributed by atoms with Gasteiger partial charge in [-0.25, -0.2) is 9.97 Å². The largest absolute Gasteiger partial charge is 0.451 e. The zero-order valence-electron chi connectivity index (χ0n) is 12.2. The van der Waals surface area contributed by atoms with Crippen LogP contribution >= 0.6 is 0 Å². The molecule has 1 heterocycles. The van der Waals surface area contributed by atoms with Gasteiger partial charge in [-0.1, -0.05) is 13.3 Å². The Morgan fingerprint density at radius 3 is 2.29 bits per heavy atom. The Bertz CT molecular complexity index is 440. The lowest BCUT2D eigenvalue weighted by molar-refractivity contribution is -0.144. The molecule has 0 aliphatic carbocycles. The van der Waals surface area contributed by atoms with Crippen molar-refractivity contribution in [2.75, 3.05) is 30.3 Å². The predicted octanol–water partition coefficient (Wildman–Crippen LogP) is 2.75. The predicted molar refractivity (Wildman–Crippen MR) is 75.2 cm³/mol. The lowest BCUT2D eigenvalue weighted by Gasteiger charge is -2.16. The van der Waals surface area contributed by atoms with Gasteiger partial charge >= 0.3 is 6.18 Å². The number of hydrogen-bond donors (Lipinski definition) is 3. The van der Waals surface area contributed by atoms with E-state index in [1.165, 1.54) is 6.07 Å². The molecule has 1 aromatic rings. The summed E-state index contributed by atoms with van der Waals surface area (Å²) in [6.45, 7) is 4.72. The third kappa shape index (κ3) is 5.74. The monoisotopic (exact) mass is 306 g/mol. The summed E-state index contributed by atoms with van der Waals surface area (Å²) in [4.78, 5) is 6.95. The van der Waals surface area contributed by atoms with E-state index >= 15 is 0 Å². The summed E-state index contributed by atoms with van der Waals surface area (Å²) in [6.07, 6.45) is -3.16. The number of nitrogens with zero attached hydrogens (tertiary/aromatic N) is 2. The molecule has 1 aromatic heterocycles. The Morgan fingerprint density at radius 1 is 1.19 bits per heavy atom. The third-order valence-electron chi connectivity index (χ3n) is 3.02. The van der Waals surface area contributed by atoms with Gasteiger partial charge in [0, 0.05) is 25.8 Å². The van der Waals surface area contributed by atoms with Crippen LogP contribution in [0.2, 0.25) is 0 Å². The molecule has 0 spiro atoms. The van der Waals surface area contributed by atoms with Crippen molar-refractivity contribution in [3.63, 3.8) is 0 Å². The lowest BCUT2D eigenvalue weighted by atomic mass is 10.0.